The molecule has 0 unspecified atom stereocenters. The van der Waals surface area contributed by atoms with E-state index in [1.807, 2.05) is 12.3 Å². The second-order valence-corrected chi connectivity index (χ2v) is 17.5. The highest BCUT2D eigenvalue weighted by molar-refractivity contribution is 6.09. The number of ether oxygens (including phenoxy) is 1. The summed E-state index contributed by atoms with van der Waals surface area (Å²) in [6, 6.07) is 52.3. The van der Waals surface area contributed by atoms with Gasteiger partial charge in [-0.2, -0.15) is 0 Å². The van der Waals surface area contributed by atoms with Crippen LogP contribution in [0.15, 0.2) is 152 Å². The molecule has 0 spiro atoms. The number of aryl methyl sites for hydroxylation is 1. The van der Waals surface area contributed by atoms with Crippen LogP contribution < -0.4 is 14.5 Å². The number of nitrogens with zero attached hydrogens (tertiary/aromatic N) is 4. The number of benzene rings is 6. The summed E-state index contributed by atoms with van der Waals surface area (Å²) in [6.45, 7) is 17.3. The van der Waals surface area contributed by atoms with E-state index >= 15 is 0 Å². The van der Waals surface area contributed by atoms with Gasteiger partial charge in [-0.05, 0) is 106 Å². The van der Waals surface area contributed by atoms with Crippen LogP contribution in [0.5, 0.6) is 11.5 Å². The van der Waals surface area contributed by atoms with Crippen LogP contribution in [-0.2, 0) is 17.4 Å². The lowest BCUT2D eigenvalue weighted by Gasteiger charge is -2.24. The van der Waals surface area contributed by atoms with Crippen molar-refractivity contribution in [1.82, 2.24) is 9.55 Å². The fraction of sp³-hybridized carbons (Fsp3) is 0.212. The number of para-hydroxylation sites is 2. The zero-order valence-electron chi connectivity index (χ0n) is 34.0. The van der Waals surface area contributed by atoms with Gasteiger partial charge in [-0.25, -0.2) is 4.98 Å². The molecule has 2 aromatic heterocycles. The van der Waals surface area contributed by atoms with Gasteiger partial charge in [0.2, 0.25) is 0 Å². The van der Waals surface area contributed by atoms with Crippen molar-refractivity contribution in [2.24, 2.45) is 0 Å². The topological polar surface area (TPSA) is 33.5 Å². The Labute approximate surface area is 336 Å². The molecule has 1 aliphatic rings. The molecular formula is C52H50N4O. The van der Waals surface area contributed by atoms with E-state index in [-0.39, 0.29) is 10.8 Å². The van der Waals surface area contributed by atoms with E-state index in [1.165, 1.54) is 55.5 Å². The normalized spacial score (nSPS) is 13.1. The predicted molar refractivity (Wildman–Crippen MR) is 239 cm³/mol. The molecule has 9 rings (SSSR count). The van der Waals surface area contributed by atoms with Gasteiger partial charge in [-0.3, -0.25) is 4.57 Å². The SMILES string of the molecule is Cc1cccc(CN2CN(c3cccc(Oc4ccc5c6ccc(C(C)(C)C)cc6n(-c6cc(C(C)(C)C)ccn6)c5c4)c3)c3ccccc32)c1-c1ccccc1. The Morgan fingerprint density at radius 3 is 2.04 bits per heavy atom. The largest absolute Gasteiger partial charge is 0.457 e. The maximum absolute atomic E-state index is 6.74. The first-order chi connectivity index (χ1) is 27.4. The van der Waals surface area contributed by atoms with Crippen LogP contribution in [0.4, 0.5) is 17.1 Å². The van der Waals surface area contributed by atoms with Crippen LogP contribution in [0.3, 0.4) is 0 Å². The predicted octanol–water partition coefficient (Wildman–Crippen LogP) is 13.7. The molecule has 0 fully saturated rings. The molecule has 1 aliphatic heterocycles. The van der Waals surface area contributed by atoms with E-state index in [9.17, 15) is 0 Å². The third-order valence-corrected chi connectivity index (χ3v) is 11.4. The van der Waals surface area contributed by atoms with Crippen molar-refractivity contribution >= 4 is 38.9 Å². The van der Waals surface area contributed by atoms with Crippen LogP contribution in [0.1, 0.15) is 63.8 Å². The van der Waals surface area contributed by atoms with Gasteiger partial charge >= 0.3 is 0 Å². The summed E-state index contributed by atoms with van der Waals surface area (Å²) in [5.74, 6) is 2.48. The van der Waals surface area contributed by atoms with E-state index in [4.69, 9.17) is 9.72 Å². The molecule has 0 N–H and O–H groups in total. The molecule has 0 radical (unpaired) electrons. The minimum Gasteiger partial charge on any atom is -0.457 e. The average Bonchev–Trinajstić information content (AvgIpc) is 3.73. The second-order valence-electron chi connectivity index (χ2n) is 17.5. The standard InChI is InChI=1S/C52H50N4O/c1-35-15-13-18-37(50(35)36-16-9-8-10-17-36)33-54-34-55(46-22-12-11-21-45(46)54)40-19-14-20-41(31-40)57-42-24-26-44-43-25-23-38(51(2,3)4)29-47(43)56(48(44)32-42)49-30-39(27-28-53-49)52(5,6)7/h8-32H,33-34H2,1-7H3. The van der Waals surface area contributed by atoms with Crippen LogP contribution in [0.25, 0.3) is 38.8 Å². The Balaban J connectivity index is 1.06. The quantitative estimate of drug-likeness (QED) is 0.163. The Bertz CT molecular complexity index is 2770. The van der Waals surface area contributed by atoms with E-state index in [1.54, 1.807) is 0 Å². The molecule has 3 heterocycles. The van der Waals surface area contributed by atoms with Crippen LogP contribution in [-0.4, -0.2) is 16.2 Å². The number of hydrogen-bond donors (Lipinski definition) is 0. The van der Waals surface area contributed by atoms with E-state index < -0.39 is 0 Å². The summed E-state index contributed by atoms with van der Waals surface area (Å²) in [5, 5.41) is 2.38. The molecule has 8 aromatic rings. The zero-order valence-corrected chi connectivity index (χ0v) is 34.0. The number of anilines is 3. The fourth-order valence-corrected chi connectivity index (χ4v) is 8.36. The monoisotopic (exact) mass is 746 g/mol. The van der Waals surface area contributed by atoms with Crippen molar-refractivity contribution in [3.63, 3.8) is 0 Å². The highest BCUT2D eigenvalue weighted by Gasteiger charge is 2.28. The van der Waals surface area contributed by atoms with Crippen molar-refractivity contribution in [2.75, 3.05) is 16.5 Å². The van der Waals surface area contributed by atoms with E-state index in [0.717, 1.165) is 47.3 Å². The molecule has 0 amide bonds. The summed E-state index contributed by atoms with van der Waals surface area (Å²) in [5.41, 5.74) is 13.4. The highest BCUT2D eigenvalue weighted by Crippen LogP contribution is 2.44. The average molecular weight is 747 g/mol. The van der Waals surface area contributed by atoms with Gasteiger partial charge in [-0.15, -0.1) is 0 Å². The molecule has 0 saturated heterocycles. The molecule has 0 atom stereocenters. The Morgan fingerprint density at radius 1 is 0.596 bits per heavy atom. The summed E-state index contributed by atoms with van der Waals surface area (Å²) in [6.07, 6.45) is 1.94. The van der Waals surface area contributed by atoms with Gasteiger partial charge < -0.3 is 14.5 Å². The summed E-state index contributed by atoms with van der Waals surface area (Å²) in [7, 11) is 0. The molecule has 5 nitrogen and oxygen atoms in total. The van der Waals surface area contributed by atoms with Crippen molar-refractivity contribution in [2.45, 2.75) is 65.8 Å². The van der Waals surface area contributed by atoms with Crippen molar-refractivity contribution in [3.8, 4) is 28.4 Å². The maximum Gasteiger partial charge on any atom is 0.137 e. The molecule has 57 heavy (non-hydrogen) atoms. The smallest absolute Gasteiger partial charge is 0.137 e. The number of hydrogen-bond acceptors (Lipinski definition) is 4. The number of aromatic nitrogens is 2. The molecule has 5 heteroatoms. The van der Waals surface area contributed by atoms with Gasteiger partial charge in [0.15, 0.2) is 0 Å². The van der Waals surface area contributed by atoms with Crippen molar-refractivity contribution in [3.05, 3.63) is 174 Å². The number of rotatable bonds is 7. The minimum atomic E-state index is -0.00904. The minimum absolute atomic E-state index is 0.00796. The molecule has 0 saturated carbocycles. The Morgan fingerprint density at radius 2 is 1.26 bits per heavy atom. The third kappa shape index (κ3) is 6.82. The molecule has 0 aliphatic carbocycles. The van der Waals surface area contributed by atoms with E-state index in [2.05, 4.69) is 202 Å². The summed E-state index contributed by atoms with van der Waals surface area (Å²) in [4.78, 5) is 9.81. The molecule has 284 valence electrons. The Kier molecular flexibility index (Phi) is 8.92. The first-order valence-electron chi connectivity index (χ1n) is 20.0. The summed E-state index contributed by atoms with van der Waals surface area (Å²) < 4.78 is 9.06. The number of pyridine rings is 1. The van der Waals surface area contributed by atoms with Gasteiger partial charge in [0.1, 0.15) is 17.3 Å². The lowest BCUT2D eigenvalue weighted by Crippen LogP contribution is -2.27. The zero-order chi connectivity index (χ0) is 39.5. The third-order valence-electron chi connectivity index (χ3n) is 11.4. The van der Waals surface area contributed by atoms with Crippen LogP contribution in [0, 0.1) is 6.92 Å². The molecule has 6 aromatic carbocycles. The van der Waals surface area contributed by atoms with E-state index in [0.29, 0.717) is 0 Å². The number of fused-ring (bicyclic) bond motifs is 4. The van der Waals surface area contributed by atoms with Gasteiger partial charge in [0.05, 0.1) is 29.1 Å². The van der Waals surface area contributed by atoms with Crippen molar-refractivity contribution < 1.29 is 4.74 Å². The molecule has 0 bridgehead atoms. The first-order valence-corrected chi connectivity index (χ1v) is 20.0. The summed E-state index contributed by atoms with van der Waals surface area (Å²) >= 11 is 0. The maximum atomic E-state index is 6.74. The lowest BCUT2D eigenvalue weighted by atomic mass is 9.86. The highest BCUT2D eigenvalue weighted by atomic mass is 16.5. The van der Waals surface area contributed by atoms with Crippen LogP contribution in [0.2, 0.25) is 0 Å². The van der Waals surface area contributed by atoms with Crippen molar-refractivity contribution in [1.29, 1.82) is 0 Å². The first kappa shape index (κ1) is 36.3. The van der Waals surface area contributed by atoms with Gasteiger partial charge in [0.25, 0.3) is 0 Å². The van der Waals surface area contributed by atoms with Crippen LogP contribution >= 0.6 is 0 Å². The van der Waals surface area contributed by atoms with Gasteiger partial charge in [0, 0.05) is 41.3 Å². The Hall–Kier alpha value is -6.33. The van der Waals surface area contributed by atoms with Gasteiger partial charge in [-0.1, -0.05) is 120 Å². The lowest BCUT2D eigenvalue weighted by molar-refractivity contribution is 0.483. The molecular weight excluding hydrogens is 697 g/mol. The fourth-order valence-electron chi connectivity index (χ4n) is 8.36. The second kappa shape index (κ2) is 14.0.